The van der Waals surface area contributed by atoms with Gasteiger partial charge in [-0.05, 0) is 32.1 Å². The smallest absolute Gasteiger partial charge is 0.434 e. The number of aromatic nitrogens is 2. The van der Waals surface area contributed by atoms with Gasteiger partial charge in [-0.2, -0.15) is 18.3 Å². The summed E-state index contributed by atoms with van der Waals surface area (Å²) >= 11 is 0. The van der Waals surface area contributed by atoms with E-state index in [0.29, 0.717) is 17.6 Å². The quantitative estimate of drug-likeness (QED) is 0.391. The Hall–Kier alpha value is -3.83. The summed E-state index contributed by atoms with van der Waals surface area (Å²) in [7, 11) is 1.81. The summed E-state index contributed by atoms with van der Waals surface area (Å²) in [6.45, 7) is 0.841. The molecule has 3 N–H and O–H groups in total. The number of halogens is 3. The van der Waals surface area contributed by atoms with E-state index >= 15 is 0 Å². The Bertz CT molecular complexity index is 1500. The number of phenolic OH excluding ortho intramolecular Hbond substituents is 2. The highest BCUT2D eigenvalue weighted by molar-refractivity contribution is 5.90. The molecule has 1 fully saturated rings. The Morgan fingerprint density at radius 3 is 2.50 bits per heavy atom. The molecular weight excluding hydrogens is 479 g/mol. The molecule has 3 heterocycles. The van der Waals surface area contributed by atoms with Crippen molar-refractivity contribution >= 4 is 11.0 Å². The predicted octanol–water partition coefficient (Wildman–Crippen LogP) is 3.86. The molecule has 0 amide bonds. The zero-order valence-electron chi connectivity index (χ0n) is 19.0. The molecule has 0 bridgehead atoms. The van der Waals surface area contributed by atoms with Crippen molar-refractivity contribution in [1.29, 1.82) is 0 Å². The molecule has 36 heavy (non-hydrogen) atoms. The first kappa shape index (κ1) is 23.9. The minimum absolute atomic E-state index is 0.0614. The highest BCUT2D eigenvalue weighted by Gasteiger charge is 2.40. The fourth-order valence-electron chi connectivity index (χ4n) is 4.81. The van der Waals surface area contributed by atoms with Crippen LogP contribution in [0.1, 0.15) is 23.6 Å². The minimum atomic E-state index is -4.86. The highest BCUT2D eigenvalue weighted by atomic mass is 19.4. The highest BCUT2D eigenvalue weighted by Crippen LogP contribution is 2.44. The number of para-hydroxylation sites is 1. The topological polar surface area (TPSA) is 112 Å². The molecule has 0 spiro atoms. The SMILES string of the molecule is CN1CC[C@H](c2c(O)cc(O)c3c(=O)cc(-c4cnn(-c5ccccc5)c4C(F)(F)F)oc23)[C@H](O)C1. The average molecular weight is 501 g/mol. The van der Waals surface area contributed by atoms with E-state index in [4.69, 9.17) is 4.42 Å². The van der Waals surface area contributed by atoms with Gasteiger partial charge in [0.1, 0.15) is 28.2 Å². The van der Waals surface area contributed by atoms with Gasteiger partial charge in [0.15, 0.2) is 11.1 Å². The Balaban J connectivity index is 1.77. The van der Waals surface area contributed by atoms with Gasteiger partial charge in [0, 0.05) is 30.2 Å². The minimum Gasteiger partial charge on any atom is -0.507 e. The van der Waals surface area contributed by atoms with E-state index in [1.165, 1.54) is 12.1 Å². The van der Waals surface area contributed by atoms with Crippen LogP contribution in [0.25, 0.3) is 28.0 Å². The lowest BCUT2D eigenvalue weighted by atomic mass is 9.85. The van der Waals surface area contributed by atoms with Gasteiger partial charge >= 0.3 is 6.18 Å². The molecule has 2 aromatic heterocycles. The molecule has 0 saturated carbocycles. The van der Waals surface area contributed by atoms with E-state index in [-0.39, 0.29) is 28.8 Å². The molecule has 8 nitrogen and oxygen atoms in total. The number of piperidine rings is 1. The van der Waals surface area contributed by atoms with Crippen molar-refractivity contribution in [3.63, 3.8) is 0 Å². The number of likely N-dealkylation sites (N-methyl/N-ethyl adjacent to an activating group) is 1. The molecule has 4 aromatic rings. The Morgan fingerprint density at radius 2 is 1.83 bits per heavy atom. The Kier molecular flexibility index (Phi) is 5.76. The van der Waals surface area contributed by atoms with Crippen LogP contribution in [0.2, 0.25) is 0 Å². The van der Waals surface area contributed by atoms with Gasteiger partial charge in [-0.3, -0.25) is 4.79 Å². The van der Waals surface area contributed by atoms with Crippen molar-refractivity contribution in [2.45, 2.75) is 24.6 Å². The molecule has 11 heteroatoms. The number of fused-ring (bicyclic) bond motifs is 1. The maximum atomic E-state index is 14.2. The fraction of sp³-hybridized carbons (Fsp3) is 0.280. The van der Waals surface area contributed by atoms with E-state index in [9.17, 15) is 33.3 Å². The van der Waals surface area contributed by atoms with Crippen LogP contribution in [0.15, 0.2) is 57.9 Å². The predicted molar refractivity (Wildman–Crippen MR) is 124 cm³/mol. The maximum Gasteiger partial charge on any atom is 0.434 e. The average Bonchev–Trinajstić information content (AvgIpc) is 3.26. The van der Waals surface area contributed by atoms with Crippen LogP contribution in [0.5, 0.6) is 11.5 Å². The Morgan fingerprint density at radius 1 is 1.11 bits per heavy atom. The van der Waals surface area contributed by atoms with E-state index in [1.807, 2.05) is 11.9 Å². The van der Waals surface area contributed by atoms with Crippen molar-refractivity contribution in [3.05, 3.63) is 70.1 Å². The summed E-state index contributed by atoms with van der Waals surface area (Å²) < 4.78 is 49.2. The third kappa shape index (κ3) is 3.99. The molecule has 0 aliphatic carbocycles. The lowest BCUT2D eigenvalue weighted by molar-refractivity contribution is -0.142. The van der Waals surface area contributed by atoms with Gasteiger partial charge in [-0.1, -0.05) is 18.2 Å². The largest absolute Gasteiger partial charge is 0.507 e. The molecule has 5 rings (SSSR count). The standard InChI is InChI=1S/C25H22F3N3O5/c1-30-8-7-14(19(35)12-30)21-16(32)9-17(33)22-18(34)10-20(36-23(21)22)15-11-29-31(24(15)25(26,27)28)13-5-3-2-4-6-13/h2-6,9-11,14,19,32-33,35H,7-8,12H2,1H3/t14-,19+/m0/s1. The molecule has 0 unspecified atom stereocenters. The summed E-state index contributed by atoms with van der Waals surface area (Å²) in [5.41, 5.74) is -2.49. The molecule has 2 aromatic carbocycles. The first-order valence-corrected chi connectivity index (χ1v) is 11.2. The number of phenols is 2. The van der Waals surface area contributed by atoms with Crippen LogP contribution in [0.4, 0.5) is 13.2 Å². The van der Waals surface area contributed by atoms with Gasteiger partial charge in [-0.15, -0.1) is 0 Å². The van der Waals surface area contributed by atoms with Crippen molar-refractivity contribution in [1.82, 2.24) is 14.7 Å². The monoisotopic (exact) mass is 501 g/mol. The van der Waals surface area contributed by atoms with Crippen molar-refractivity contribution in [2.75, 3.05) is 20.1 Å². The number of rotatable bonds is 3. The third-order valence-electron chi connectivity index (χ3n) is 6.46. The number of aliphatic hydroxyl groups excluding tert-OH is 1. The van der Waals surface area contributed by atoms with Gasteiger partial charge < -0.3 is 24.6 Å². The lowest BCUT2D eigenvalue weighted by Crippen LogP contribution is -2.40. The van der Waals surface area contributed by atoms with Gasteiger partial charge in [0.2, 0.25) is 0 Å². The fourth-order valence-corrected chi connectivity index (χ4v) is 4.81. The van der Waals surface area contributed by atoms with Gasteiger partial charge in [0.05, 0.1) is 23.6 Å². The second-order valence-corrected chi connectivity index (χ2v) is 8.88. The molecular formula is C25H22F3N3O5. The van der Waals surface area contributed by atoms with Crippen LogP contribution in [0, 0.1) is 0 Å². The van der Waals surface area contributed by atoms with E-state index in [1.54, 1.807) is 18.2 Å². The summed E-state index contributed by atoms with van der Waals surface area (Å²) in [6, 6.07) is 9.54. The van der Waals surface area contributed by atoms with Crippen molar-refractivity contribution < 1.29 is 32.9 Å². The third-order valence-corrected chi connectivity index (χ3v) is 6.46. The normalized spacial score (nSPS) is 19.1. The zero-order valence-corrected chi connectivity index (χ0v) is 19.0. The van der Waals surface area contributed by atoms with E-state index < -0.39 is 52.1 Å². The summed E-state index contributed by atoms with van der Waals surface area (Å²) in [5, 5.41) is 35.3. The number of nitrogens with zero attached hydrogens (tertiary/aromatic N) is 3. The number of alkyl halides is 3. The number of β-amino-alcohol motifs (C(OH)–C–C–N with tert-alkyl or cyclic N) is 1. The molecule has 1 aliphatic rings. The Labute approximate surface area is 202 Å². The van der Waals surface area contributed by atoms with Gasteiger partial charge in [-0.25, -0.2) is 4.68 Å². The van der Waals surface area contributed by atoms with Crippen LogP contribution >= 0.6 is 0 Å². The number of hydrogen-bond acceptors (Lipinski definition) is 7. The van der Waals surface area contributed by atoms with Crippen LogP contribution < -0.4 is 5.43 Å². The summed E-state index contributed by atoms with van der Waals surface area (Å²) in [4.78, 5) is 14.9. The number of aromatic hydroxyl groups is 2. The summed E-state index contributed by atoms with van der Waals surface area (Å²) in [6.07, 6.45) is -4.46. The number of aliphatic hydroxyl groups is 1. The van der Waals surface area contributed by atoms with E-state index in [0.717, 1.165) is 18.3 Å². The van der Waals surface area contributed by atoms with Crippen LogP contribution in [-0.2, 0) is 6.18 Å². The molecule has 0 radical (unpaired) electrons. The first-order chi connectivity index (χ1) is 17.1. The zero-order chi connectivity index (χ0) is 25.8. The van der Waals surface area contributed by atoms with E-state index in [2.05, 4.69) is 5.10 Å². The van der Waals surface area contributed by atoms with Crippen molar-refractivity contribution in [2.24, 2.45) is 0 Å². The second-order valence-electron chi connectivity index (χ2n) is 8.88. The molecule has 2 atom stereocenters. The lowest BCUT2D eigenvalue weighted by Gasteiger charge is -2.34. The molecule has 1 aliphatic heterocycles. The maximum absolute atomic E-state index is 14.2. The number of likely N-dealkylation sites (tertiary alicyclic amines) is 1. The molecule has 1 saturated heterocycles. The van der Waals surface area contributed by atoms with Crippen LogP contribution in [-0.4, -0.2) is 56.2 Å². The number of benzene rings is 2. The van der Waals surface area contributed by atoms with Crippen molar-refractivity contribution in [3.8, 4) is 28.5 Å². The molecule has 188 valence electrons. The summed E-state index contributed by atoms with van der Waals surface area (Å²) in [5.74, 6) is -2.11. The number of hydrogen-bond donors (Lipinski definition) is 3. The second kappa shape index (κ2) is 8.68. The van der Waals surface area contributed by atoms with Crippen LogP contribution in [0.3, 0.4) is 0 Å². The van der Waals surface area contributed by atoms with Gasteiger partial charge in [0.25, 0.3) is 0 Å². The first-order valence-electron chi connectivity index (χ1n) is 11.2.